The van der Waals surface area contributed by atoms with Crippen molar-refractivity contribution in [1.82, 2.24) is 0 Å². The summed E-state index contributed by atoms with van der Waals surface area (Å²) < 4.78 is 13.0. The zero-order valence-corrected chi connectivity index (χ0v) is 29.1. The van der Waals surface area contributed by atoms with Gasteiger partial charge in [0, 0.05) is 21.5 Å². The lowest BCUT2D eigenvalue weighted by Gasteiger charge is -2.18. The summed E-state index contributed by atoms with van der Waals surface area (Å²) in [7, 11) is 0. The van der Waals surface area contributed by atoms with Crippen LogP contribution in [0.4, 0.5) is 0 Å². The third-order valence-corrected chi connectivity index (χ3v) is 11.4. The van der Waals surface area contributed by atoms with Crippen LogP contribution in [-0.2, 0) is 0 Å². The number of para-hydroxylation sites is 1. The van der Waals surface area contributed by atoms with Gasteiger partial charge < -0.3 is 8.83 Å². The minimum Gasteiger partial charge on any atom is -0.456 e. The zero-order chi connectivity index (χ0) is 35.3. The normalized spacial score (nSPS) is 12.1. The first-order valence-electron chi connectivity index (χ1n) is 18.5. The number of benzene rings is 10. The van der Waals surface area contributed by atoms with Crippen LogP contribution in [0, 0.1) is 0 Å². The third kappa shape index (κ3) is 4.22. The maximum absolute atomic E-state index is 6.67. The molecule has 2 aromatic heterocycles. The van der Waals surface area contributed by atoms with E-state index in [0.717, 1.165) is 55.0 Å². The second-order valence-corrected chi connectivity index (χ2v) is 14.4. The summed E-state index contributed by atoms with van der Waals surface area (Å²) in [6, 6.07) is 65.7. The van der Waals surface area contributed by atoms with Crippen LogP contribution in [0.3, 0.4) is 0 Å². The zero-order valence-electron chi connectivity index (χ0n) is 29.1. The SMILES string of the molecule is c1ccc2cc(-c3c4ccccc4c(-c4ccc(-c5cc6oc7cc8c(cc7c6c6ccccc56)oc5ccccc58)cc4)c4ccccc34)ccc2c1. The predicted octanol–water partition coefficient (Wildman–Crippen LogP) is 15.1. The lowest BCUT2D eigenvalue weighted by atomic mass is 9.85. The van der Waals surface area contributed by atoms with E-state index in [1.165, 1.54) is 65.3 Å². The highest BCUT2D eigenvalue weighted by Crippen LogP contribution is 2.46. The third-order valence-electron chi connectivity index (χ3n) is 11.4. The fourth-order valence-corrected chi connectivity index (χ4v) is 9.01. The highest BCUT2D eigenvalue weighted by molar-refractivity contribution is 6.25. The molecular weight excluding hydrogens is 657 g/mol. The van der Waals surface area contributed by atoms with Crippen molar-refractivity contribution >= 4 is 87.0 Å². The van der Waals surface area contributed by atoms with E-state index in [1.54, 1.807) is 0 Å². The number of fused-ring (bicyclic) bond motifs is 11. The van der Waals surface area contributed by atoms with Crippen LogP contribution in [0.5, 0.6) is 0 Å². The van der Waals surface area contributed by atoms with Gasteiger partial charge in [0.1, 0.15) is 22.3 Å². The van der Waals surface area contributed by atoms with Crippen LogP contribution >= 0.6 is 0 Å². The summed E-state index contributed by atoms with van der Waals surface area (Å²) in [4.78, 5) is 0. The minimum atomic E-state index is 0.868. The molecule has 0 radical (unpaired) electrons. The van der Waals surface area contributed by atoms with Crippen molar-refractivity contribution in [3.63, 3.8) is 0 Å². The molecule has 12 rings (SSSR count). The minimum absolute atomic E-state index is 0.868. The Morgan fingerprint density at radius 3 is 1.48 bits per heavy atom. The first-order chi connectivity index (χ1) is 26.8. The predicted molar refractivity (Wildman–Crippen MR) is 227 cm³/mol. The van der Waals surface area contributed by atoms with E-state index in [0.29, 0.717) is 0 Å². The van der Waals surface area contributed by atoms with Crippen LogP contribution < -0.4 is 0 Å². The van der Waals surface area contributed by atoms with Crippen LogP contribution in [0.25, 0.3) is 120 Å². The number of rotatable bonds is 3. The van der Waals surface area contributed by atoms with Gasteiger partial charge in [-0.25, -0.2) is 0 Å². The van der Waals surface area contributed by atoms with Gasteiger partial charge in [0.25, 0.3) is 0 Å². The van der Waals surface area contributed by atoms with E-state index in [2.05, 4.69) is 170 Å². The number of hydrogen-bond acceptors (Lipinski definition) is 2. The van der Waals surface area contributed by atoms with Gasteiger partial charge in [-0.05, 0) is 107 Å². The molecular formula is C52H30O2. The van der Waals surface area contributed by atoms with Crippen molar-refractivity contribution in [1.29, 1.82) is 0 Å². The molecule has 0 fully saturated rings. The molecule has 0 amide bonds. The molecule has 0 saturated carbocycles. The Morgan fingerprint density at radius 1 is 0.259 bits per heavy atom. The molecule has 0 N–H and O–H groups in total. The van der Waals surface area contributed by atoms with Gasteiger partial charge in [-0.1, -0.05) is 152 Å². The first kappa shape index (κ1) is 29.4. The number of hydrogen-bond donors (Lipinski definition) is 0. The Balaban J connectivity index is 1.04. The van der Waals surface area contributed by atoms with E-state index in [1.807, 2.05) is 12.1 Å². The fourth-order valence-electron chi connectivity index (χ4n) is 9.01. The van der Waals surface area contributed by atoms with Crippen molar-refractivity contribution in [2.45, 2.75) is 0 Å². The Morgan fingerprint density at radius 2 is 0.759 bits per heavy atom. The molecule has 0 saturated heterocycles. The Kier molecular flexibility index (Phi) is 6.09. The van der Waals surface area contributed by atoms with Crippen LogP contribution in [0.1, 0.15) is 0 Å². The van der Waals surface area contributed by atoms with Gasteiger partial charge in [-0.3, -0.25) is 0 Å². The van der Waals surface area contributed by atoms with Crippen molar-refractivity contribution in [2.24, 2.45) is 0 Å². The van der Waals surface area contributed by atoms with Gasteiger partial charge in [-0.15, -0.1) is 0 Å². The topological polar surface area (TPSA) is 26.3 Å². The summed E-state index contributed by atoms with van der Waals surface area (Å²) in [5.41, 5.74) is 10.8. The molecule has 0 spiro atoms. The highest BCUT2D eigenvalue weighted by atomic mass is 16.3. The average Bonchev–Trinajstić information content (AvgIpc) is 3.78. The van der Waals surface area contributed by atoms with Crippen LogP contribution in [0.15, 0.2) is 191 Å². The van der Waals surface area contributed by atoms with Gasteiger partial charge in [-0.2, -0.15) is 0 Å². The van der Waals surface area contributed by atoms with E-state index in [4.69, 9.17) is 8.83 Å². The summed E-state index contributed by atoms with van der Waals surface area (Å²) in [6.07, 6.45) is 0. The molecule has 2 nitrogen and oxygen atoms in total. The highest BCUT2D eigenvalue weighted by Gasteiger charge is 2.20. The molecule has 12 aromatic rings. The summed E-state index contributed by atoms with van der Waals surface area (Å²) in [5.74, 6) is 0. The van der Waals surface area contributed by atoms with Crippen molar-refractivity contribution in [2.75, 3.05) is 0 Å². The smallest absolute Gasteiger partial charge is 0.136 e. The van der Waals surface area contributed by atoms with E-state index < -0.39 is 0 Å². The van der Waals surface area contributed by atoms with Crippen molar-refractivity contribution < 1.29 is 8.83 Å². The molecule has 0 unspecified atom stereocenters. The molecule has 2 heterocycles. The molecule has 0 aliphatic carbocycles. The van der Waals surface area contributed by atoms with Gasteiger partial charge in [0.15, 0.2) is 0 Å². The Labute approximate surface area is 310 Å². The average molecular weight is 687 g/mol. The number of furan rings is 2. The van der Waals surface area contributed by atoms with Gasteiger partial charge >= 0.3 is 0 Å². The molecule has 0 atom stereocenters. The quantitative estimate of drug-likeness (QED) is 0.173. The Hall–Kier alpha value is -7.16. The standard InChI is InChI=1S/C52H30O2/c1-2-12-34-27-35(26-21-31(34)11-1)51-41-18-7-5-16-39(41)50(40-17-6-8-19-42(40)51)33-24-22-32(23-25-33)43-28-49-52(38-15-4-3-13-36(38)43)45-30-47-44(29-48(45)54-49)37-14-9-10-20-46(37)53-47/h1-30H. The van der Waals surface area contributed by atoms with E-state index >= 15 is 0 Å². The van der Waals surface area contributed by atoms with Crippen molar-refractivity contribution in [3.05, 3.63) is 182 Å². The van der Waals surface area contributed by atoms with Crippen molar-refractivity contribution in [3.8, 4) is 33.4 Å². The largest absolute Gasteiger partial charge is 0.456 e. The van der Waals surface area contributed by atoms with Gasteiger partial charge in [0.2, 0.25) is 0 Å². The molecule has 2 heteroatoms. The first-order valence-corrected chi connectivity index (χ1v) is 18.5. The summed E-state index contributed by atoms with van der Waals surface area (Å²) in [6.45, 7) is 0. The second kappa shape index (κ2) is 11.2. The molecule has 250 valence electrons. The summed E-state index contributed by atoms with van der Waals surface area (Å²) >= 11 is 0. The Bertz CT molecular complexity index is 3430. The van der Waals surface area contributed by atoms with Crippen LogP contribution in [-0.4, -0.2) is 0 Å². The van der Waals surface area contributed by atoms with Crippen LogP contribution in [0.2, 0.25) is 0 Å². The molecule has 0 bridgehead atoms. The second-order valence-electron chi connectivity index (χ2n) is 14.4. The fraction of sp³-hybridized carbons (Fsp3) is 0. The monoisotopic (exact) mass is 686 g/mol. The lowest BCUT2D eigenvalue weighted by Crippen LogP contribution is -1.91. The maximum atomic E-state index is 6.67. The molecule has 54 heavy (non-hydrogen) atoms. The molecule has 0 aliphatic heterocycles. The van der Waals surface area contributed by atoms with E-state index in [9.17, 15) is 0 Å². The molecule has 0 aliphatic rings. The maximum Gasteiger partial charge on any atom is 0.136 e. The lowest BCUT2D eigenvalue weighted by molar-refractivity contribution is 0.664. The molecule has 10 aromatic carbocycles. The van der Waals surface area contributed by atoms with E-state index in [-0.39, 0.29) is 0 Å². The summed E-state index contributed by atoms with van der Waals surface area (Å²) in [5, 5.41) is 14.2. The van der Waals surface area contributed by atoms with Gasteiger partial charge in [0.05, 0.1) is 0 Å².